The molecule has 1 aromatic carbocycles. The standard InChI is InChI=1S/C27H30FN7O/c1-4-36-27-30-17(2)24-26(32-27)35(25(31-24)20-9-21(28)12-29-11-20)14-19-7-5-18(6-8-19)13-34-16-22-10-23(34)15-33(22)3/h5-9,11-12,22-23H,4,10,13-16H2,1-3H3/t22-,23-/m1/s1. The van der Waals surface area contributed by atoms with E-state index in [4.69, 9.17) is 9.72 Å². The van der Waals surface area contributed by atoms with Gasteiger partial charge >= 0.3 is 6.01 Å². The third kappa shape index (κ3) is 4.22. The minimum absolute atomic E-state index is 0.313. The van der Waals surface area contributed by atoms with Crippen LogP contribution >= 0.6 is 0 Å². The molecule has 0 amide bonds. The van der Waals surface area contributed by atoms with Crippen molar-refractivity contribution in [1.82, 2.24) is 34.3 Å². The van der Waals surface area contributed by atoms with Crippen LogP contribution in [0.3, 0.4) is 0 Å². The van der Waals surface area contributed by atoms with E-state index >= 15 is 0 Å². The predicted octanol–water partition coefficient (Wildman–Crippen LogP) is 3.67. The van der Waals surface area contributed by atoms with E-state index in [1.807, 2.05) is 18.4 Å². The molecule has 8 nitrogen and oxygen atoms in total. The average molecular weight is 488 g/mol. The van der Waals surface area contributed by atoms with Crippen LogP contribution in [0, 0.1) is 12.7 Å². The van der Waals surface area contributed by atoms with Gasteiger partial charge in [-0.25, -0.2) is 9.37 Å². The Morgan fingerprint density at radius 2 is 1.78 bits per heavy atom. The summed E-state index contributed by atoms with van der Waals surface area (Å²) >= 11 is 0. The maximum Gasteiger partial charge on any atom is 0.318 e. The number of hydrogen-bond donors (Lipinski definition) is 0. The molecule has 0 N–H and O–H groups in total. The third-order valence-electron chi connectivity index (χ3n) is 7.36. The van der Waals surface area contributed by atoms with Gasteiger partial charge in [-0.2, -0.15) is 9.97 Å². The Balaban J connectivity index is 1.32. The van der Waals surface area contributed by atoms with Crippen molar-refractivity contribution in [2.45, 2.75) is 45.4 Å². The fourth-order valence-corrected chi connectivity index (χ4v) is 5.52. The molecule has 2 saturated heterocycles. The zero-order valence-corrected chi connectivity index (χ0v) is 20.9. The summed E-state index contributed by atoms with van der Waals surface area (Å²) in [5, 5.41) is 0. The molecule has 0 saturated carbocycles. The highest BCUT2D eigenvalue weighted by molar-refractivity contribution is 5.79. The number of hydrogen-bond acceptors (Lipinski definition) is 7. The van der Waals surface area contributed by atoms with Crippen LogP contribution in [0.5, 0.6) is 6.01 Å². The second kappa shape index (κ2) is 9.22. The molecule has 4 aromatic rings. The van der Waals surface area contributed by atoms with E-state index in [0.29, 0.717) is 59.5 Å². The van der Waals surface area contributed by atoms with Crippen molar-refractivity contribution in [2.75, 3.05) is 26.7 Å². The van der Waals surface area contributed by atoms with Crippen LogP contribution < -0.4 is 4.74 Å². The number of fused-ring (bicyclic) bond motifs is 3. The van der Waals surface area contributed by atoms with Crippen LogP contribution in [-0.2, 0) is 13.1 Å². The zero-order chi connectivity index (χ0) is 24.8. The SMILES string of the molecule is CCOc1nc(C)c2nc(-c3cncc(F)c3)n(Cc3ccc(CN4C[C@H]5C[C@@H]4CN5C)cc3)c2n1. The Kier molecular flexibility index (Phi) is 5.89. The number of aryl methyl sites for hydroxylation is 1. The Morgan fingerprint density at radius 1 is 1.00 bits per heavy atom. The maximum atomic E-state index is 14.0. The maximum absolute atomic E-state index is 14.0. The largest absolute Gasteiger partial charge is 0.464 e. The van der Waals surface area contributed by atoms with E-state index in [9.17, 15) is 4.39 Å². The fraction of sp³-hybridized carbons (Fsp3) is 0.407. The summed E-state index contributed by atoms with van der Waals surface area (Å²) < 4.78 is 21.6. The van der Waals surface area contributed by atoms with Gasteiger partial charge in [0.1, 0.15) is 17.2 Å². The van der Waals surface area contributed by atoms with Crippen molar-refractivity contribution in [3.8, 4) is 17.4 Å². The van der Waals surface area contributed by atoms with Crippen molar-refractivity contribution >= 4 is 11.2 Å². The number of piperazine rings is 1. The van der Waals surface area contributed by atoms with Gasteiger partial charge in [0, 0.05) is 43.5 Å². The normalized spacial score (nSPS) is 20.0. The lowest BCUT2D eigenvalue weighted by Crippen LogP contribution is -2.43. The van der Waals surface area contributed by atoms with Gasteiger partial charge in [-0.3, -0.25) is 9.88 Å². The Morgan fingerprint density at radius 3 is 2.44 bits per heavy atom. The molecule has 3 aromatic heterocycles. The molecule has 0 spiro atoms. The first-order valence-corrected chi connectivity index (χ1v) is 12.5. The molecule has 2 bridgehead atoms. The minimum atomic E-state index is -0.407. The number of imidazole rings is 1. The number of aromatic nitrogens is 5. The smallest absolute Gasteiger partial charge is 0.318 e. The van der Waals surface area contributed by atoms with E-state index in [0.717, 1.165) is 18.7 Å². The van der Waals surface area contributed by atoms with Crippen LogP contribution in [0.1, 0.15) is 30.2 Å². The Labute approximate surface area is 209 Å². The van der Waals surface area contributed by atoms with Gasteiger partial charge in [-0.05, 0) is 44.5 Å². The summed E-state index contributed by atoms with van der Waals surface area (Å²) in [6.07, 6.45) is 4.10. The lowest BCUT2D eigenvalue weighted by atomic mass is 10.1. The van der Waals surface area contributed by atoms with Gasteiger partial charge in [0.05, 0.1) is 25.0 Å². The molecule has 2 atom stereocenters. The van der Waals surface area contributed by atoms with Crippen molar-refractivity contribution in [3.63, 3.8) is 0 Å². The molecular weight excluding hydrogens is 457 g/mol. The highest BCUT2D eigenvalue weighted by Crippen LogP contribution is 2.31. The third-order valence-corrected chi connectivity index (χ3v) is 7.36. The first kappa shape index (κ1) is 23.0. The van der Waals surface area contributed by atoms with Gasteiger partial charge in [-0.15, -0.1) is 0 Å². The Hall–Kier alpha value is -3.43. The van der Waals surface area contributed by atoms with Gasteiger partial charge < -0.3 is 14.2 Å². The van der Waals surface area contributed by atoms with Gasteiger partial charge in [0.2, 0.25) is 0 Å². The van der Waals surface area contributed by atoms with E-state index < -0.39 is 5.82 Å². The summed E-state index contributed by atoms with van der Waals surface area (Å²) in [7, 11) is 2.23. The van der Waals surface area contributed by atoms with Crippen LogP contribution in [0.2, 0.25) is 0 Å². The number of nitrogens with zero attached hydrogens (tertiary/aromatic N) is 7. The minimum Gasteiger partial charge on any atom is -0.464 e. The van der Waals surface area contributed by atoms with Crippen molar-refractivity contribution in [3.05, 3.63) is 65.4 Å². The molecule has 2 aliphatic rings. The lowest BCUT2D eigenvalue weighted by molar-refractivity contribution is 0.143. The number of benzene rings is 1. The molecule has 9 heteroatoms. The number of rotatable bonds is 7. The number of pyridine rings is 1. The molecule has 6 rings (SSSR count). The molecular formula is C27H30FN7O. The van der Waals surface area contributed by atoms with Gasteiger partial charge in [0.15, 0.2) is 5.65 Å². The zero-order valence-electron chi connectivity index (χ0n) is 20.9. The fourth-order valence-electron chi connectivity index (χ4n) is 5.52. The average Bonchev–Trinajstić information content (AvgIpc) is 3.53. The first-order chi connectivity index (χ1) is 17.5. The first-order valence-electron chi connectivity index (χ1n) is 12.5. The lowest BCUT2D eigenvalue weighted by Gasteiger charge is -2.31. The molecule has 0 unspecified atom stereocenters. The molecule has 0 aliphatic carbocycles. The number of halogens is 1. The summed E-state index contributed by atoms with van der Waals surface area (Å²) in [5.74, 6) is 0.194. The molecule has 0 radical (unpaired) electrons. The predicted molar refractivity (Wildman–Crippen MR) is 135 cm³/mol. The Bertz CT molecular complexity index is 1400. The van der Waals surface area contributed by atoms with E-state index in [1.165, 1.54) is 30.8 Å². The van der Waals surface area contributed by atoms with Crippen molar-refractivity contribution in [1.29, 1.82) is 0 Å². The summed E-state index contributed by atoms with van der Waals surface area (Å²) in [4.78, 5) is 23.0. The molecule has 2 aliphatic heterocycles. The van der Waals surface area contributed by atoms with E-state index in [2.05, 4.69) is 56.1 Å². The topological polar surface area (TPSA) is 72.2 Å². The second-order valence-electron chi connectivity index (χ2n) is 9.84. The van der Waals surface area contributed by atoms with Crippen LogP contribution in [0.4, 0.5) is 4.39 Å². The highest BCUT2D eigenvalue weighted by atomic mass is 19.1. The quantitative estimate of drug-likeness (QED) is 0.394. The summed E-state index contributed by atoms with van der Waals surface area (Å²) in [5.41, 5.74) is 5.07. The van der Waals surface area contributed by atoms with Crippen LogP contribution in [-0.4, -0.2) is 73.1 Å². The summed E-state index contributed by atoms with van der Waals surface area (Å²) in [6, 6.07) is 11.9. The van der Waals surface area contributed by atoms with Crippen molar-refractivity contribution in [2.24, 2.45) is 0 Å². The molecule has 36 heavy (non-hydrogen) atoms. The van der Waals surface area contributed by atoms with Gasteiger partial charge in [0.25, 0.3) is 0 Å². The van der Waals surface area contributed by atoms with Gasteiger partial charge in [-0.1, -0.05) is 24.3 Å². The number of ether oxygens (including phenoxy) is 1. The van der Waals surface area contributed by atoms with E-state index in [1.54, 1.807) is 6.20 Å². The van der Waals surface area contributed by atoms with Crippen LogP contribution in [0.15, 0.2) is 42.7 Å². The summed E-state index contributed by atoms with van der Waals surface area (Å²) in [6.45, 7) is 8.08. The molecule has 186 valence electrons. The number of likely N-dealkylation sites (tertiary alicyclic amines) is 2. The monoisotopic (exact) mass is 487 g/mol. The van der Waals surface area contributed by atoms with Crippen molar-refractivity contribution < 1.29 is 9.13 Å². The molecule has 5 heterocycles. The highest BCUT2D eigenvalue weighted by Gasteiger charge is 2.41. The molecule has 2 fully saturated rings. The van der Waals surface area contributed by atoms with Crippen LogP contribution in [0.25, 0.3) is 22.6 Å². The number of likely N-dealkylation sites (N-methyl/N-ethyl adjacent to an activating group) is 1. The van der Waals surface area contributed by atoms with E-state index in [-0.39, 0.29) is 0 Å². The second-order valence-corrected chi connectivity index (χ2v) is 9.84.